The van der Waals surface area contributed by atoms with Gasteiger partial charge in [0.2, 0.25) is 5.91 Å². The van der Waals surface area contributed by atoms with Crippen LogP contribution in [0.4, 0.5) is 14.5 Å². The van der Waals surface area contributed by atoms with Gasteiger partial charge >= 0.3 is 0 Å². The quantitative estimate of drug-likeness (QED) is 0.818. The smallest absolute Gasteiger partial charge is 0.290 e. The molecule has 0 radical (unpaired) electrons. The highest BCUT2D eigenvalue weighted by atomic mass is 32.2. The van der Waals surface area contributed by atoms with Crippen molar-refractivity contribution < 1.29 is 18.3 Å². The van der Waals surface area contributed by atoms with E-state index >= 15 is 0 Å². The number of hydrogen-bond donors (Lipinski definition) is 1. The number of rotatable bonds is 6. The van der Waals surface area contributed by atoms with Crippen molar-refractivity contribution in [2.24, 2.45) is 5.41 Å². The summed E-state index contributed by atoms with van der Waals surface area (Å²) in [6.45, 7) is 3.78. The Morgan fingerprint density at radius 3 is 2.68 bits per heavy atom. The molecule has 0 spiro atoms. The third kappa shape index (κ3) is 5.12. The van der Waals surface area contributed by atoms with Gasteiger partial charge in [-0.1, -0.05) is 0 Å². The molecule has 7 heteroatoms. The normalized spacial score (nSPS) is 11.7. The SMILES string of the molecule is COCC(C)(C)C(=O)Nc1ccc(SC(F)F)nc1. The van der Waals surface area contributed by atoms with Gasteiger partial charge in [-0.25, -0.2) is 4.98 Å². The average Bonchev–Trinajstić information content (AvgIpc) is 2.30. The Morgan fingerprint density at radius 2 is 2.21 bits per heavy atom. The lowest BCUT2D eigenvalue weighted by molar-refractivity contribution is -0.126. The lowest BCUT2D eigenvalue weighted by Crippen LogP contribution is -2.34. The number of methoxy groups -OCH3 is 1. The van der Waals surface area contributed by atoms with Crippen LogP contribution in [0.5, 0.6) is 0 Å². The van der Waals surface area contributed by atoms with Crippen LogP contribution in [-0.2, 0) is 9.53 Å². The van der Waals surface area contributed by atoms with E-state index < -0.39 is 11.2 Å². The number of aromatic nitrogens is 1. The first kappa shape index (κ1) is 15.8. The summed E-state index contributed by atoms with van der Waals surface area (Å²) in [6, 6.07) is 2.98. The Hall–Kier alpha value is -1.21. The number of nitrogens with zero attached hydrogens (tertiary/aromatic N) is 1. The highest BCUT2D eigenvalue weighted by Gasteiger charge is 2.27. The minimum atomic E-state index is -2.51. The van der Waals surface area contributed by atoms with Crippen LogP contribution in [0, 0.1) is 5.41 Å². The predicted molar refractivity (Wildman–Crippen MR) is 70.4 cm³/mol. The monoisotopic (exact) mass is 290 g/mol. The average molecular weight is 290 g/mol. The van der Waals surface area contributed by atoms with Crippen molar-refractivity contribution in [2.45, 2.75) is 24.6 Å². The summed E-state index contributed by atoms with van der Waals surface area (Å²) >= 11 is 0.363. The maximum atomic E-state index is 12.1. The fraction of sp³-hybridized carbons (Fsp3) is 0.500. The van der Waals surface area contributed by atoms with Gasteiger partial charge in [-0.05, 0) is 37.7 Å². The number of carbonyl (C=O) groups excluding carboxylic acids is 1. The number of carbonyl (C=O) groups is 1. The second-order valence-electron chi connectivity index (χ2n) is 4.53. The van der Waals surface area contributed by atoms with E-state index in [9.17, 15) is 13.6 Å². The second-order valence-corrected chi connectivity index (χ2v) is 5.54. The van der Waals surface area contributed by atoms with Gasteiger partial charge in [-0.15, -0.1) is 0 Å². The molecule has 0 aromatic carbocycles. The van der Waals surface area contributed by atoms with Crippen LogP contribution in [0.2, 0.25) is 0 Å². The highest BCUT2D eigenvalue weighted by molar-refractivity contribution is 7.99. The Balaban J connectivity index is 2.65. The minimum Gasteiger partial charge on any atom is -0.384 e. The Bertz CT molecular complexity index is 424. The van der Waals surface area contributed by atoms with Crippen LogP contribution in [-0.4, -0.2) is 30.4 Å². The molecule has 0 atom stereocenters. The molecular formula is C12H16F2N2O2S. The largest absolute Gasteiger partial charge is 0.384 e. The van der Waals surface area contributed by atoms with Crippen molar-refractivity contribution in [3.05, 3.63) is 18.3 Å². The molecule has 0 bridgehead atoms. The molecule has 0 aliphatic heterocycles. The van der Waals surface area contributed by atoms with E-state index in [-0.39, 0.29) is 17.5 Å². The molecule has 0 aliphatic rings. The number of anilines is 1. The summed E-state index contributed by atoms with van der Waals surface area (Å²) in [5.41, 5.74) is -0.210. The topological polar surface area (TPSA) is 51.2 Å². The third-order valence-electron chi connectivity index (χ3n) is 2.32. The summed E-state index contributed by atoms with van der Waals surface area (Å²) in [7, 11) is 1.52. The zero-order valence-electron chi connectivity index (χ0n) is 10.9. The van der Waals surface area contributed by atoms with Gasteiger partial charge < -0.3 is 10.1 Å². The number of hydrogen-bond acceptors (Lipinski definition) is 4. The van der Waals surface area contributed by atoms with Gasteiger partial charge in [0, 0.05) is 7.11 Å². The number of nitrogens with one attached hydrogen (secondary N) is 1. The van der Waals surface area contributed by atoms with E-state index in [1.54, 1.807) is 19.9 Å². The first-order valence-electron chi connectivity index (χ1n) is 5.56. The van der Waals surface area contributed by atoms with E-state index in [1.807, 2.05) is 0 Å². The van der Waals surface area contributed by atoms with Gasteiger partial charge in [0.05, 0.1) is 23.9 Å². The first-order valence-corrected chi connectivity index (χ1v) is 6.44. The van der Waals surface area contributed by atoms with Crippen LogP contribution >= 0.6 is 11.8 Å². The van der Waals surface area contributed by atoms with Crippen LogP contribution in [0.1, 0.15) is 13.8 Å². The minimum absolute atomic E-state index is 0.212. The van der Waals surface area contributed by atoms with E-state index in [2.05, 4.69) is 10.3 Å². The molecule has 1 N–H and O–H groups in total. The third-order valence-corrected chi connectivity index (χ3v) is 2.99. The molecule has 1 heterocycles. The van der Waals surface area contributed by atoms with Gasteiger partial charge in [-0.3, -0.25) is 4.79 Å². The molecule has 1 amide bonds. The lowest BCUT2D eigenvalue weighted by atomic mass is 9.93. The van der Waals surface area contributed by atoms with Gasteiger partial charge in [-0.2, -0.15) is 8.78 Å². The van der Waals surface area contributed by atoms with Crippen LogP contribution in [0.15, 0.2) is 23.4 Å². The second kappa shape index (κ2) is 6.81. The van der Waals surface area contributed by atoms with Crippen molar-refractivity contribution in [3.63, 3.8) is 0 Å². The fourth-order valence-corrected chi connectivity index (χ4v) is 1.78. The standard InChI is InChI=1S/C12H16F2N2O2S/c1-12(2,7-18-3)10(17)16-8-4-5-9(15-6-8)19-11(13)14/h4-6,11H,7H2,1-3H3,(H,16,17). The Kier molecular flexibility index (Phi) is 5.68. The maximum absolute atomic E-state index is 12.1. The lowest BCUT2D eigenvalue weighted by Gasteiger charge is -2.22. The zero-order chi connectivity index (χ0) is 14.5. The summed E-state index contributed by atoms with van der Waals surface area (Å²) in [5, 5.41) is 2.88. The molecule has 4 nitrogen and oxygen atoms in total. The van der Waals surface area contributed by atoms with Crippen molar-refractivity contribution in [2.75, 3.05) is 19.0 Å². The highest BCUT2D eigenvalue weighted by Crippen LogP contribution is 2.24. The number of pyridine rings is 1. The number of halogens is 2. The molecule has 1 aromatic rings. The number of amides is 1. The summed E-state index contributed by atoms with van der Waals surface area (Å²) in [4.78, 5) is 15.8. The van der Waals surface area contributed by atoms with Crippen molar-refractivity contribution in [1.29, 1.82) is 0 Å². The summed E-state index contributed by atoms with van der Waals surface area (Å²) in [6.07, 6.45) is 1.35. The first-order chi connectivity index (χ1) is 8.85. The molecule has 106 valence electrons. The van der Waals surface area contributed by atoms with Gasteiger partial charge in [0.25, 0.3) is 5.76 Å². The van der Waals surface area contributed by atoms with Gasteiger partial charge in [0.15, 0.2) is 0 Å². The fourth-order valence-electron chi connectivity index (χ4n) is 1.34. The number of alkyl halides is 2. The van der Waals surface area contributed by atoms with Gasteiger partial charge in [0.1, 0.15) is 5.03 Å². The van der Waals surface area contributed by atoms with E-state index in [0.29, 0.717) is 17.4 Å². The Labute approximate surface area is 114 Å². The summed E-state index contributed by atoms with van der Waals surface area (Å²) in [5.74, 6) is -2.72. The molecule has 1 rings (SSSR count). The van der Waals surface area contributed by atoms with E-state index in [0.717, 1.165) is 0 Å². The molecule has 0 saturated heterocycles. The number of ether oxygens (including phenoxy) is 1. The van der Waals surface area contributed by atoms with E-state index in [4.69, 9.17) is 4.74 Å². The van der Waals surface area contributed by atoms with E-state index in [1.165, 1.54) is 19.4 Å². The number of thioether (sulfide) groups is 1. The molecule has 0 unspecified atom stereocenters. The van der Waals surface area contributed by atoms with Crippen LogP contribution < -0.4 is 5.32 Å². The van der Waals surface area contributed by atoms with Crippen molar-refractivity contribution in [1.82, 2.24) is 4.98 Å². The molecule has 0 saturated carbocycles. The van der Waals surface area contributed by atoms with Crippen LogP contribution in [0.3, 0.4) is 0 Å². The molecule has 0 aliphatic carbocycles. The molecule has 0 fully saturated rings. The zero-order valence-corrected chi connectivity index (χ0v) is 11.8. The van der Waals surface area contributed by atoms with Crippen molar-refractivity contribution in [3.8, 4) is 0 Å². The van der Waals surface area contributed by atoms with Crippen LogP contribution in [0.25, 0.3) is 0 Å². The molecule has 1 aromatic heterocycles. The molecular weight excluding hydrogens is 274 g/mol. The molecule has 19 heavy (non-hydrogen) atoms. The predicted octanol–water partition coefficient (Wildman–Crippen LogP) is 3.01. The maximum Gasteiger partial charge on any atom is 0.290 e. The van der Waals surface area contributed by atoms with Crippen molar-refractivity contribution >= 4 is 23.4 Å². The summed E-state index contributed by atoms with van der Waals surface area (Å²) < 4.78 is 29.2. The Morgan fingerprint density at radius 1 is 1.53 bits per heavy atom.